The van der Waals surface area contributed by atoms with Gasteiger partial charge >= 0.3 is 17.9 Å². The van der Waals surface area contributed by atoms with Gasteiger partial charge in [-0.2, -0.15) is 8.42 Å². The third kappa shape index (κ3) is 7.72. The fourth-order valence-electron chi connectivity index (χ4n) is 4.02. The largest absolute Gasteiger partial charge is 0.461 e. The van der Waals surface area contributed by atoms with Crippen LogP contribution in [0.15, 0.2) is 66.0 Å². The summed E-state index contributed by atoms with van der Waals surface area (Å²) in [6.07, 6.45) is -3.72. The molecule has 4 rings (SSSR count). The number of ether oxygens (including phenoxy) is 4. The molecule has 1 aliphatic rings. The first-order valence-corrected chi connectivity index (χ1v) is 15.0. The summed E-state index contributed by atoms with van der Waals surface area (Å²) in [5.74, 6) is -1.97. The lowest BCUT2D eigenvalue weighted by Gasteiger charge is -2.23. The van der Waals surface area contributed by atoms with Gasteiger partial charge in [-0.15, -0.1) is 11.3 Å². The number of thiazole rings is 1. The smallest absolute Gasteiger partial charge is 0.357 e. The van der Waals surface area contributed by atoms with E-state index in [4.69, 9.17) is 23.1 Å². The average Bonchev–Trinajstić information content (AvgIpc) is 3.53. The minimum atomic E-state index is -4.05. The fourth-order valence-corrected chi connectivity index (χ4v) is 5.46. The Morgan fingerprint density at radius 1 is 0.875 bits per heavy atom. The number of esters is 3. The summed E-state index contributed by atoms with van der Waals surface area (Å²) < 4.78 is 52.0. The van der Waals surface area contributed by atoms with Gasteiger partial charge in [-0.1, -0.05) is 36.4 Å². The topological polar surface area (TPSA) is 144 Å². The zero-order chi connectivity index (χ0) is 28.7. The van der Waals surface area contributed by atoms with Crippen molar-refractivity contribution < 1.29 is 45.9 Å². The van der Waals surface area contributed by atoms with Gasteiger partial charge < -0.3 is 18.9 Å². The van der Waals surface area contributed by atoms with Gasteiger partial charge in [0.1, 0.15) is 18.8 Å². The maximum atomic E-state index is 13.0. The van der Waals surface area contributed by atoms with Crippen molar-refractivity contribution in [3.05, 3.63) is 87.9 Å². The van der Waals surface area contributed by atoms with Gasteiger partial charge in [-0.3, -0.25) is 4.18 Å². The number of hydrogen-bond donors (Lipinski definition) is 0. The number of rotatable bonds is 11. The minimum Gasteiger partial charge on any atom is -0.461 e. The van der Waals surface area contributed by atoms with Crippen LogP contribution in [0.3, 0.4) is 0 Å². The highest BCUT2D eigenvalue weighted by Gasteiger charge is 2.50. The van der Waals surface area contributed by atoms with Gasteiger partial charge in [-0.25, -0.2) is 19.4 Å². The van der Waals surface area contributed by atoms with Crippen molar-refractivity contribution in [2.45, 2.75) is 37.8 Å². The van der Waals surface area contributed by atoms with Crippen molar-refractivity contribution in [1.29, 1.82) is 0 Å². The molecule has 4 atom stereocenters. The van der Waals surface area contributed by atoms with E-state index in [0.29, 0.717) is 10.6 Å². The van der Waals surface area contributed by atoms with E-state index < -0.39 is 52.4 Å². The number of benzene rings is 2. The molecule has 0 spiro atoms. The molecule has 0 N–H and O–H groups in total. The summed E-state index contributed by atoms with van der Waals surface area (Å²) in [5.41, 5.74) is 0.622. The Morgan fingerprint density at radius 3 is 2.10 bits per heavy atom. The third-order valence-corrected chi connectivity index (χ3v) is 7.19. The Balaban J connectivity index is 1.59. The lowest BCUT2D eigenvalue weighted by atomic mass is 10.1. The Labute approximate surface area is 235 Å². The number of nitrogens with zero attached hydrogens (tertiary/aromatic N) is 1. The molecule has 3 aromatic rings. The number of aromatic nitrogens is 1. The van der Waals surface area contributed by atoms with Crippen LogP contribution in [0.2, 0.25) is 0 Å². The number of carbonyl (C=O) groups excluding carboxylic acids is 3. The molecule has 13 heteroatoms. The fraction of sp³-hybridized carbons (Fsp3) is 0.333. The second-order valence-electron chi connectivity index (χ2n) is 8.73. The molecule has 0 unspecified atom stereocenters. The summed E-state index contributed by atoms with van der Waals surface area (Å²) in [5, 5.41) is 1.95. The van der Waals surface area contributed by atoms with Crippen molar-refractivity contribution >= 4 is 39.4 Å². The van der Waals surface area contributed by atoms with Crippen LogP contribution in [-0.2, 0) is 39.7 Å². The van der Waals surface area contributed by atoms with Crippen molar-refractivity contribution in [3.63, 3.8) is 0 Å². The van der Waals surface area contributed by atoms with Crippen molar-refractivity contribution in [1.82, 2.24) is 4.98 Å². The lowest BCUT2D eigenvalue weighted by molar-refractivity contribution is -0.0428. The molecule has 0 saturated carbocycles. The van der Waals surface area contributed by atoms with E-state index in [2.05, 4.69) is 4.98 Å². The van der Waals surface area contributed by atoms with Crippen LogP contribution in [0.25, 0.3) is 0 Å². The Hall–Kier alpha value is -3.65. The molecule has 1 aliphatic heterocycles. The van der Waals surface area contributed by atoms with Crippen molar-refractivity contribution in [3.8, 4) is 0 Å². The van der Waals surface area contributed by atoms with Gasteiger partial charge in [0.05, 0.1) is 35.1 Å². The highest BCUT2D eigenvalue weighted by Crippen LogP contribution is 2.32. The molecule has 0 bridgehead atoms. The van der Waals surface area contributed by atoms with Gasteiger partial charge in [0.2, 0.25) is 0 Å². The van der Waals surface area contributed by atoms with Crippen LogP contribution in [0.5, 0.6) is 0 Å². The molecule has 0 aliphatic carbocycles. The summed E-state index contributed by atoms with van der Waals surface area (Å²) in [7, 11) is -4.05. The molecular weight excluding hydrogens is 562 g/mol. The predicted molar refractivity (Wildman–Crippen MR) is 143 cm³/mol. The summed E-state index contributed by atoms with van der Waals surface area (Å²) in [6.45, 7) is 1.50. The first-order chi connectivity index (χ1) is 19.1. The molecule has 11 nitrogen and oxygen atoms in total. The van der Waals surface area contributed by atoms with E-state index in [1.54, 1.807) is 67.6 Å². The normalized spacial score (nSPS) is 20.6. The Bertz CT molecular complexity index is 1430. The van der Waals surface area contributed by atoms with Gasteiger partial charge in [0.15, 0.2) is 11.8 Å². The first kappa shape index (κ1) is 29.3. The highest BCUT2D eigenvalue weighted by molar-refractivity contribution is 7.86. The van der Waals surface area contributed by atoms with E-state index in [0.717, 1.165) is 17.6 Å². The average molecular weight is 590 g/mol. The summed E-state index contributed by atoms with van der Waals surface area (Å²) in [4.78, 5) is 41.9. The van der Waals surface area contributed by atoms with Gasteiger partial charge in [0.25, 0.3) is 10.1 Å². The van der Waals surface area contributed by atoms with Crippen LogP contribution in [0.4, 0.5) is 0 Å². The molecule has 1 saturated heterocycles. The molecule has 0 radical (unpaired) electrons. The monoisotopic (exact) mass is 589 g/mol. The molecule has 40 heavy (non-hydrogen) atoms. The van der Waals surface area contributed by atoms with Crippen LogP contribution >= 0.6 is 11.3 Å². The van der Waals surface area contributed by atoms with Crippen LogP contribution in [0.1, 0.15) is 43.1 Å². The zero-order valence-electron chi connectivity index (χ0n) is 21.6. The van der Waals surface area contributed by atoms with Crippen LogP contribution in [-0.4, -0.2) is 75.2 Å². The van der Waals surface area contributed by atoms with Gasteiger partial charge in [0, 0.05) is 11.8 Å². The predicted octanol–water partition coefficient (Wildman–Crippen LogP) is 3.06. The minimum absolute atomic E-state index is 0.0206. The lowest BCUT2D eigenvalue weighted by Crippen LogP contribution is -2.42. The second kappa shape index (κ2) is 13.1. The Kier molecular flexibility index (Phi) is 9.63. The van der Waals surface area contributed by atoms with E-state index >= 15 is 0 Å². The first-order valence-electron chi connectivity index (χ1n) is 12.3. The maximum Gasteiger partial charge on any atom is 0.357 e. The number of hydrogen-bond acceptors (Lipinski definition) is 12. The SMILES string of the molecule is CCOC(=O)c1csc(C[C@@H]2O[C@H](COC(=O)c3ccccc3)[C@@H](OC(=O)c3ccccc3)[C@@H]2OS(C)(=O)=O)n1. The Morgan fingerprint density at radius 2 is 1.50 bits per heavy atom. The highest BCUT2D eigenvalue weighted by atomic mass is 32.2. The molecule has 2 aromatic carbocycles. The zero-order valence-corrected chi connectivity index (χ0v) is 23.3. The summed E-state index contributed by atoms with van der Waals surface area (Å²) in [6, 6.07) is 16.4. The van der Waals surface area contributed by atoms with E-state index in [1.807, 2.05) is 0 Å². The molecule has 1 aromatic heterocycles. The molecule has 0 amide bonds. The van der Waals surface area contributed by atoms with E-state index in [9.17, 15) is 22.8 Å². The molecular formula is C27H27NO10S2. The maximum absolute atomic E-state index is 13.0. The summed E-state index contributed by atoms with van der Waals surface area (Å²) >= 11 is 1.15. The second-order valence-corrected chi connectivity index (χ2v) is 11.3. The molecule has 1 fully saturated rings. The van der Waals surface area contributed by atoms with Crippen molar-refractivity contribution in [2.75, 3.05) is 19.5 Å². The standard InChI is InChI=1S/C27H27NO10S2/c1-3-34-27(31)19-16-39-22(28-19)14-20-24(38-40(2,32)33)23(37-26(30)18-12-8-5-9-13-18)21(36-20)15-35-25(29)17-10-6-4-7-11-17/h4-13,16,20-21,23-24H,3,14-15H2,1-2H3/t20-,21+,23+,24+/m0/s1. The molecule has 2 heterocycles. The van der Waals surface area contributed by atoms with E-state index in [1.165, 1.54) is 5.38 Å². The molecule has 212 valence electrons. The van der Waals surface area contributed by atoms with Crippen molar-refractivity contribution in [2.24, 2.45) is 0 Å². The van der Waals surface area contributed by atoms with E-state index in [-0.39, 0.29) is 30.9 Å². The van der Waals surface area contributed by atoms with Crippen LogP contribution in [0, 0.1) is 0 Å². The van der Waals surface area contributed by atoms with Crippen LogP contribution < -0.4 is 0 Å². The number of carbonyl (C=O) groups is 3. The van der Waals surface area contributed by atoms with Gasteiger partial charge in [-0.05, 0) is 31.2 Å². The quantitative estimate of drug-likeness (QED) is 0.185. The third-order valence-electron chi connectivity index (χ3n) is 5.75.